The standard InChI is InChI=1S/C37H54N2O2S/c1-6-7-8-9-10-11-12-13-14-15-16-17-23-41-35-26-33(37(3,4)5)22-21-32(35)25-36(40)38-34-20-18-19-31(24-34)27-39-29-42-28-30(39)2/h18-22,24,26,28-29H,6-17,23,25,27H2,1-5H3/p+1. The number of thiazole rings is 1. The van der Waals surface area contributed by atoms with E-state index in [0.717, 1.165) is 30.0 Å². The second-order valence-electron chi connectivity index (χ2n) is 12.9. The molecule has 0 unspecified atom stereocenters. The summed E-state index contributed by atoms with van der Waals surface area (Å²) in [4.78, 5) is 13.1. The lowest BCUT2D eigenvalue weighted by atomic mass is 9.86. The van der Waals surface area contributed by atoms with Gasteiger partial charge in [-0.1, -0.05) is 134 Å². The fraction of sp³-hybridized carbons (Fsp3) is 0.568. The predicted octanol–water partition coefficient (Wildman–Crippen LogP) is 9.95. The van der Waals surface area contributed by atoms with Crippen LogP contribution in [0.15, 0.2) is 53.4 Å². The van der Waals surface area contributed by atoms with E-state index in [2.05, 4.69) is 85.7 Å². The van der Waals surface area contributed by atoms with E-state index in [9.17, 15) is 4.79 Å². The second-order valence-corrected chi connectivity index (χ2v) is 13.6. The molecule has 0 aliphatic heterocycles. The molecule has 0 spiro atoms. The quantitative estimate of drug-likeness (QED) is 0.111. The van der Waals surface area contributed by atoms with E-state index in [1.807, 2.05) is 12.1 Å². The van der Waals surface area contributed by atoms with Crippen molar-refractivity contribution in [1.82, 2.24) is 0 Å². The summed E-state index contributed by atoms with van der Waals surface area (Å²) in [5.74, 6) is 0.823. The van der Waals surface area contributed by atoms with Crippen molar-refractivity contribution in [2.45, 2.75) is 130 Å². The Morgan fingerprint density at radius 1 is 0.881 bits per heavy atom. The van der Waals surface area contributed by atoms with Crippen molar-refractivity contribution >= 4 is 22.9 Å². The molecule has 1 aromatic heterocycles. The van der Waals surface area contributed by atoms with Gasteiger partial charge in [0, 0.05) is 23.7 Å². The van der Waals surface area contributed by atoms with Gasteiger partial charge < -0.3 is 10.1 Å². The van der Waals surface area contributed by atoms with E-state index in [0.29, 0.717) is 13.0 Å². The number of anilines is 1. The van der Waals surface area contributed by atoms with E-state index in [-0.39, 0.29) is 11.3 Å². The highest BCUT2D eigenvalue weighted by molar-refractivity contribution is 7.07. The minimum absolute atomic E-state index is 0.0220. The molecule has 3 aromatic rings. The van der Waals surface area contributed by atoms with Gasteiger partial charge in [-0.25, -0.2) is 0 Å². The van der Waals surface area contributed by atoms with Crippen LogP contribution in [-0.4, -0.2) is 12.5 Å². The molecule has 4 nitrogen and oxygen atoms in total. The Morgan fingerprint density at radius 3 is 2.17 bits per heavy atom. The van der Waals surface area contributed by atoms with Crippen LogP contribution in [0.4, 0.5) is 5.69 Å². The Labute approximate surface area is 259 Å². The molecule has 5 heteroatoms. The number of nitrogens with zero attached hydrogens (tertiary/aromatic N) is 1. The third-order valence-electron chi connectivity index (χ3n) is 7.98. The number of unbranched alkanes of at least 4 members (excludes halogenated alkanes) is 11. The third-order valence-corrected chi connectivity index (χ3v) is 8.84. The Kier molecular flexibility index (Phi) is 14.6. The maximum absolute atomic E-state index is 13.1. The minimum Gasteiger partial charge on any atom is -0.493 e. The summed E-state index contributed by atoms with van der Waals surface area (Å²) < 4.78 is 8.55. The molecule has 1 amide bonds. The minimum atomic E-state index is -0.0229. The largest absolute Gasteiger partial charge is 0.493 e. The van der Waals surface area contributed by atoms with E-state index in [1.165, 1.54) is 87.4 Å². The SMILES string of the molecule is CCCCCCCCCCCCCCOc1cc(C(C)(C)C)ccc1CC(=O)Nc1cccc(C[n+]2cscc2C)c1. The number of aromatic nitrogens is 1. The summed E-state index contributed by atoms with van der Waals surface area (Å²) in [6.45, 7) is 12.5. The summed E-state index contributed by atoms with van der Waals surface area (Å²) >= 11 is 1.70. The molecule has 42 heavy (non-hydrogen) atoms. The Hall–Kier alpha value is -2.66. The van der Waals surface area contributed by atoms with Gasteiger partial charge >= 0.3 is 0 Å². The van der Waals surface area contributed by atoms with Crippen LogP contribution >= 0.6 is 11.3 Å². The first-order chi connectivity index (χ1) is 20.3. The summed E-state index contributed by atoms with van der Waals surface area (Å²) in [6, 6.07) is 14.5. The predicted molar refractivity (Wildman–Crippen MR) is 179 cm³/mol. The van der Waals surface area contributed by atoms with Crippen molar-refractivity contribution < 1.29 is 14.1 Å². The molecule has 0 bridgehead atoms. The molecule has 2 aromatic carbocycles. The van der Waals surface area contributed by atoms with Crippen LogP contribution in [0.5, 0.6) is 5.75 Å². The van der Waals surface area contributed by atoms with Gasteiger partial charge in [0.25, 0.3) is 0 Å². The fourth-order valence-electron chi connectivity index (χ4n) is 5.26. The molecule has 1 N–H and O–H groups in total. The highest BCUT2D eigenvalue weighted by atomic mass is 32.1. The number of ether oxygens (including phenoxy) is 1. The second kappa shape index (κ2) is 18.1. The monoisotopic (exact) mass is 591 g/mol. The molecule has 0 atom stereocenters. The zero-order chi connectivity index (χ0) is 30.2. The number of nitrogens with one attached hydrogen (secondary N) is 1. The fourth-order valence-corrected chi connectivity index (χ4v) is 6.05. The average molecular weight is 592 g/mol. The number of hydrogen-bond acceptors (Lipinski definition) is 3. The summed E-state index contributed by atoms with van der Waals surface area (Å²) in [5.41, 5.74) is 7.56. The van der Waals surface area contributed by atoms with Crippen LogP contribution in [0, 0.1) is 6.92 Å². The first-order valence-corrected chi connectivity index (χ1v) is 17.3. The highest BCUT2D eigenvalue weighted by Crippen LogP contribution is 2.29. The highest BCUT2D eigenvalue weighted by Gasteiger charge is 2.18. The number of aryl methyl sites for hydroxylation is 1. The van der Waals surface area contributed by atoms with Crippen LogP contribution < -0.4 is 14.6 Å². The number of carbonyl (C=O) groups excluding carboxylic acids is 1. The maximum Gasteiger partial charge on any atom is 0.228 e. The summed E-state index contributed by atoms with van der Waals surface area (Å²) in [6.07, 6.45) is 16.2. The van der Waals surface area contributed by atoms with E-state index in [1.54, 1.807) is 11.3 Å². The number of carbonyl (C=O) groups is 1. The van der Waals surface area contributed by atoms with E-state index < -0.39 is 0 Å². The smallest absolute Gasteiger partial charge is 0.228 e. The van der Waals surface area contributed by atoms with Crippen LogP contribution in [0.3, 0.4) is 0 Å². The summed E-state index contributed by atoms with van der Waals surface area (Å²) in [5, 5.41) is 5.26. The molecule has 0 radical (unpaired) electrons. The molecular weight excluding hydrogens is 536 g/mol. The molecule has 0 aliphatic carbocycles. The average Bonchev–Trinajstić information content (AvgIpc) is 3.35. The van der Waals surface area contributed by atoms with Crippen molar-refractivity contribution in [3.63, 3.8) is 0 Å². The third kappa shape index (κ3) is 12.3. The van der Waals surface area contributed by atoms with Crippen molar-refractivity contribution in [2.24, 2.45) is 0 Å². The van der Waals surface area contributed by atoms with Crippen LogP contribution in [0.1, 0.15) is 127 Å². The van der Waals surface area contributed by atoms with Gasteiger partial charge in [-0.2, -0.15) is 4.57 Å². The first-order valence-electron chi connectivity index (χ1n) is 16.3. The van der Waals surface area contributed by atoms with Gasteiger partial charge in [-0.3, -0.25) is 4.79 Å². The zero-order valence-electron chi connectivity index (χ0n) is 27.0. The zero-order valence-corrected chi connectivity index (χ0v) is 27.8. The van der Waals surface area contributed by atoms with Crippen molar-refractivity contribution in [1.29, 1.82) is 0 Å². The Morgan fingerprint density at radius 2 is 1.55 bits per heavy atom. The van der Waals surface area contributed by atoms with Gasteiger partial charge in [-0.05, 0) is 35.6 Å². The maximum atomic E-state index is 13.1. The Bertz CT molecular complexity index is 1210. The normalized spacial score (nSPS) is 11.5. The van der Waals surface area contributed by atoms with E-state index in [4.69, 9.17) is 4.74 Å². The lowest BCUT2D eigenvalue weighted by molar-refractivity contribution is -0.689. The molecule has 0 fully saturated rings. The van der Waals surface area contributed by atoms with Crippen molar-refractivity contribution in [3.05, 3.63) is 75.7 Å². The lowest BCUT2D eigenvalue weighted by Gasteiger charge is -2.21. The topological polar surface area (TPSA) is 42.2 Å². The van der Waals surface area contributed by atoms with Gasteiger partial charge in [0.15, 0.2) is 12.2 Å². The molecule has 0 aliphatic rings. The van der Waals surface area contributed by atoms with Gasteiger partial charge in [-0.15, -0.1) is 0 Å². The number of hydrogen-bond donors (Lipinski definition) is 1. The first kappa shape index (κ1) is 33.8. The van der Waals surface area contributed by atoms with Crippen LogP contribution in [-0.2, 0) is 23.2 Å². The van der Waals surface area contributed by atoms with Crippen molar-refractivity contribution in [2.75, 3.05) is 11.9 Å². The molecule has 0 saturated carbocycles. The van der Waals surface area contributed by atoms with Gasteiger partial charge in [0.05, 0.1) is 18.4 Å². The van der Waals surface area contributed by atoms with Crippen LogP contribution in [0.2, 0.25) is 0 Å². The number of benzene rings is 2. The molecule has 230 valence electrons. The molecular formula is C37H55N2O2S+. The Balaban J connectivity index is 1.47. The molecule has 1 heterocycles. The summed E-state index contributed by atoms with van der Waals surface area (Å²) in [7, 11) is 0. The number of amides is 1. The van der Waals surface area contributed by atoms with E-state index >= 15 is 0 Å². The van der Waals surface area contributed by atoms with Crippen molar-refractivity contribution in [3.8, 4) is 5.75 Å². The van der Waals surface area contributed by atoms with Gasteiger partial charge in [0.2, 0.25) is 11.4 Å². The lowest BCUT2D eigenvalue weighted by Crippen LogP contribution is -2.34. The molecule has 0 saturated heterocycles. The van der Waals surface area contributed by atoms with Crippen LogP contribution in [0.25, 0.3) is 0 Å². The molecule has 3 rings (SSSR count). The number of rotatable bonds is 19. The van der Waals surface area contributed by atoms with Gasteiger partial charge in [0.1, 0.15) is 5.75 Å².